The van der Waals surface area contributed by atoms with Gasteiger partial charge in [0.05, 0.1) is 6.10 Å². The van der Waals surface area contributed by atoms with Gasteiger partial charge in [-0.25, -0.2) is 0 Å². The molecule has 1 amide bonds. The topological polar surface area (TPSA) is 52.6 Å². The van der Waals surface area contributed by atoms with Crippen LogP contribution in [0.4, 0.5) is 0 Å². The molecular weight excluding hydrogens is 276 g/mol. The maximum Gasteiger partial charge on any atom is 0.220 e. The number of aliphatic hydroxyl groups excluding tert-OH is 1. The number of rotatable bonds is 8. The Hall–Kier alpha value is -0.870. The van der Waals surface area contributed by atoms with Gasteiger partial charge in [0.25, 0.3) is 0 Å². The van der Waals surface area contributed by atoms with Crippen LogP contribution in [0.1, 0.15) is 57.8 Å². The number of aliphatic hydroxyl groups is 1. The smallest absolute Gasteiger partial charge is 0.220 e. The lowest BCUT2D eigenvalue weighted by Gasteiger charge is -2.33. The first-order chi connectivity index (χ1) is 10.7. The standard InChI is InChI=1S/C18H32N2O2/c1-2-3-8-17(21)14-20-11-9-16(10-12-20)19-18(22)13-15-6-4-5-7-15/h2,15-17,21H,1,3-14H2,(H,19,22). The normalized spacial score (nSPS) is 22.6. The van der Waals surface area contributed by atoms with E-state index in [-0.39, 0.29) is 12.0 Å². The van der Waals surface area contributed by atoms with Gasteiger partial charge in [-0.3, -0.25) is 4.79 Å². The summed E-state index contributed by atoms with van der Waals surface area (Å²) >= 11 is 0. The Morgan fingerprint density at radius 2 is 1.95 bits per heavy atom. The van der Waals surface area contributed by atoms with Crippen molar-refractivity contribution in [2.75, 3.05) is 19.6 Å². The van der Waals surface area contributed by atoms with Gasteiger partial charge in [0.1, 0.15) is 0 Å². The van der Waals surface area contributed by atoms with E-state index in [1.807, 2.05) is 6.08 Å². The number of carbonyl (C=O) groups is 1. The number of piperidine rings is 1. The fourth-order valence-corrected chi connectivity index (χ4v) is 3.72. The quantitative estimate of drug-likeness (QED) is 0.677. The van der Waals surface area contributed by atoms with Gasteiger partial charge in [0, 0.05) is 32.1 Å². The fourth-order valence-electron chi connectivity index (χ4n) is 3.72. The highest BCUT2D eigenvalue weighted by Gasteiger charge is 2.24. The van der Waals surface area contributed by atoms with Crippen molar-refractivity contribution in [3.05, 3.63) is 12.7 Å². The molecule has 1 aliphatic heterocycles. The number of hydrogen-bond acceptors (Lipinski definition) is 3. The van der Waals surface area contributed by atoms with Crippen LogP contribution >= 0.6 is 0 Å². The van der Waals surface area contributed by atoms with Crippen molar-refractivity contribution in [2.45, 2.75) is 69.9 Å². The molecule has 0 aromatic carbocycles. The second-order valence-corrected chi connectivity index (χ2v) is 7.02. The molecule has 1 atom stereocenters. The van der Waals surface area contributed by atoms with Gasteiger partial charge in [-0.1, -0.05) is 18.9 Å². The summed E-state index contributed by atoms with van der Waals surface area (Å²) in [6, 6.07) is 0.329. The van der Waals surface area contributed by atoms with Crippen LogP contribution in [0, 0.1) is 5.92 Å². The van der Waals surface area contributed by atoms with E-state index in [1.54, 1.807) is 0 Å². The summed E-state index contributed by atoms with van der Waals surface area (Å²) in [5, 5.41) is 13.2. The van der Waals surface area contributed by atoms with Crippen molar-refractivity contribution in [2.24, 2.45) is 5.92 Å². The van der Waals surface area contributed by atoms with Crippen LogP contribution in [0.25, 0.3) is 0 Å². The summed E-state index contributed by atoms with van der Waals surface area (Å²) in [5.74, 6) is 0.872. The van der Waals surface area contributed by atoms with Crippen LogP contribution in [0.5, 0.6) is 0 Å². The summed E-state index contributed by atoms with van der Waals surface area (Å²) in [6.45, 7) is 6.38. The number of allylic oxidation sites excluding steroid dienone is 1. The molecule has 2 aliphatic rings. The molecule has 1 saturated heterocycles. The van der Waals surface area contributed by atoms with E-state index in [0.717, 1.165) is 51.7 Å². The number of carbonyl (C=O) groups excluding carboxylic acids is 1. The van der Waals surface area contributed by atoms with E-state index >= 15 is 0 Å². The van der Waals surface area contributed by atoms with E-state index < -0.39 is 0 Å². The van der Waals surface area contributed by atoms with E-state index in [9.17, 15) is 9.90 Å². The van der Waals surface area contributed by atoms with Crippen molar-refractivity contribution < 1.29 is 9.90 Å². The summed E-state index contributed by atoms with van der Waals surface area (Å²) in [4.78, 5) is 14.4. The SMILES string of the molecule is C=CCCC(O)CN1CCC(NC(=O)CC2CCCC2)CC1. The molecule has 4 nitrogen and oxygen atoms in total. The molecule has 1 aliphatic carbocycles. The predicted octanol–water partition coefficient (Wildman–Crippen LogP) is 2.47. The Morgan fingerprint density at radius 3 is 2.59 bits per heavy atom. The maximum atomic E-state index is 12.1. The molecule has 4 heteroatoms. The Balaban J connectivity index is 1.60. The van der Waals surface area contributed by atoms with Crippen LogP contribution in [-0.2, 0) is 4.79 Å². The maximum absolute atomic E-state index is 12.1. The first-order valence-corrected chi connectivity index (χ1v) is 8.98. The highest BCUT2D eigenvalue weighted by molar-refractivity contribution is 5.76. The average molecular weight is 308 g/mol. The van der Waals surface area contributed by atoms with E-state index in [0.29, 0.717) is 12.0 Å². The zero-order valence-corrected chi connectivity index (χ0v) is 13.8. The van der Waals surface area contributed by atoms with Gasteiger partial charge in [-0.15, -0.1) is 6.58 Å². The number of hydrogen-bond donors (Lipinski definition) is 2. The Morgan fingerprint density at radius 1 is 1.27 bits per heavy atom. The van der Waals surface area contributed by atoms with Gasteiger partial charge in [0.15, 0.2) is 0 Å². The molecule has 2 fully saturated rings. The first kappa shape index (κ1) is 17.5. The van der Waals surface area contributed by atoms with Gasteiger partial charge in [-0.2, -0.15) is 0 Å². The van der Waals surface area contributed by atoms with Gasteiger partial charge < -0.3 is 15.3 Å². The molecule has 22 heavy (non-hydrogen) atoms. The summed E-state index contributed by atoms with van der Waals surface area (Å²) in [7, 11) is 0. The van der Waals surface area contributed by atoms with Crippen LogP contribution in [0.3, 0.4) is 0 Å². The molecular formula is C18H32N2O2. The number of β-amino-alcohol motifs (C(OH)–C–C–N with tert-alkyl or cyclic N) is 1. The molecule has 0 bridgehead atoms. The Kier molecular flexibility index (Phi) is 7.40. The lowest BCUT2D eigenvalue weighted by molar-refractivity contribution is -0.123. The lowest BCUT2D eigenvalue weighted by Crippen LogP contribution is -2.46. The highest BCUT2D eigenvalue weighted by Crippen LogP contribution is 2.27. The minimum absolute atomic E-state index is 0.247. The molecule has 1 saturated carbocycles. The Bertz CT molecular complexity index is 345. The van der Waals surface area contributed by atoms with E-state index in [4.69, 9.17) is 0 Å². The molecule has 0 aromatic heterocycles. The van der Waals surface area contributed by atoms with Crippen LogP contribution in [-0.4, -0.2) is 47.7 Å². The van der Waals surface area contributed by atoms with Gasteiger partial charge in [-0.05, 0) is 44.4 Å². The lowest BCUT2D eigenvalue weighted by atomic mass is 10.0. The summed E-state index contributed by atoms with van der Waals surface area (Å²) in [5.41, 5.74) is 0. The van der Waals surface area contributed by atoms with E-state index in [1.165, 1.54) is 25.7 Å². The third kappa shape index (κ3) is 6.09. The molecule has 2 N–H and O–H groups in total. The molecule has 1 unspecified atom stereocenters. The second-order valence-electron chi connectivity index (χ2n) is 7.02. The molecule has 2 rings (SSSR count). The molecule has 0 aromatic rings. The first-order valence-electron chi connectivity index (χ1n) is 8.98. The van der Waals surface area contributed by atoms with Crippen molar-refractivity contribution in [1.29, 1.82) is 0 Å². The monoisotopic (exact) mass is 308 g/mol. The van der Waals surface area contributed by atoms with Crippen LogP contribution < -0.4 is 5.32 Å². The fraction of sp³-hybridized carbons (Fsp3) is 0.833. The second kappa shape index (κ2) is 9.31. The summed E-state index contributed by atoms with van der Waals surface area (Å²) in [6.07, 6.45) is 11.0. The highest BCUT2D eigenvalue weighted by atomic mass is 16.3. The van der Waals surface area contributed by atoms with Crippen molar-refractivity contribution >= 4 is 5.91 Å². The van der Waals surface area contributed by atoms with Crippen molar-refractivity contribution in [3.8, 4) is 0 Å². The van der Waals surface area contributed by atoms with Crippen molar-refractivity contribution in [1.82, 2.24) is 10.2 Å². The largest absolute Gasteiger partial charge is 0.392 e. The number of amides is 1. The van der Waals surface area contributed by atoms with Gasteiger partial charge >= 0.3 is 0 Å². The van der Waals surface area contributed by atoms with E-state index in [2.05, 4.69) is 16.8 Å². The van der Waals surface area contributed by atoms with Gasteiger partial charge in [0.2, 0.25) is 5.91 Å². The minimum Gasteiger partial charge on any atom is -0.392 e. The average Bonchev–Trinajstić information content (AvgIpc) is 3.00. The Labute approximate surface area is 135 Å². The third-order valence-corrected chi connectivity index (χ3v) is 5.07. The van der Waals surface area contributed by atoms with Crippen LogP contribution in [0.2, 0.25) is 0 Å². The molecule has 1 heterocycles. The van der Waals surface area contributed by atoms with Crippen LogP contribution in [0.15, 0.2) is 12.7 Å². The predicted molar refractivity (Wildman–Crippen MR) is 89.6 cm³/mol. The third-order valence-electron chi connectivity index (χ3n) is 5.07. The molecule has 0 radical (unpaired) electrons. The number of likely N-dealkylation sites (tertiary alicyclic amines) is 1. The number of nitrogens with zero attached hydrogens (tertiary/aromatic N) is 1. The zero-order valence-electron chi connectivity index (χ0n) is 13.8. The van der Waals surface area contributed by atoms with Crippen molar-refractivity contribution in [3.63, 3.8) is 0 Å². The summed E-state index contributed by atoms with van der Waals surface area (Å²) < 4.78 is 0. The minimum atomic E-state index is -0.258. The molecule has 0 spiro atoms. The zero-order chi connectivity index (χ0) is 15.8. The molecule has 126 valence electrons. The number of nitrogens with one attached hydrogen (secondary N) is 1.